The Bertz CT molecular complexity index is 1210. The molecule has 3 aromatic carbocycles. The van der Waals surface area contributed by atoms with Crippen molar-refractivity contribution in [2.45, 2.75) is 32.2 Å². The number of hydrogen-bond donors (Lipinski definition) is 0. The van der Waals surface area contributed by atoms with Crippen LogP contribution in [0.1, 0.15) is 42.3 Å². The van der Waals surface area contributed by atoms with Crippen molar-refractivity contribution in [1.29, 1.82) is 0 Å². The zero-order valence-electron chi connectivity index (χ0n) is 17.3. The van der Waals surface area contributed by atoms with Crippen molar-refractivity contribution in [3.05, 3.63) is 95.8 Å². The second-order valence-corrected chi connectivity index (χ2v) is 8.16. The molecule has 1 fully saturated rings. The van der Waals surface area contributed by atoms with E-state index in [0.717, 1.165) is 28.1 Å². The van der Waals surface area contributed by atoms with Crippen LogP contribution in [0.15, 0.2) is 78.9 Å². The SMILES string of the molecule is Cc1cccc(N2C[C@H](c3nc4ccccc4n3[C@H](C)c3ccccc3)CC2=O)c1. The molecule has 0 saturated carbocycles. The van der Waals surface area contributed by atoms with Gasteiger partial charge in [-0.25, -0.2) is 4.98 Å². The number of carbonyl (C=O) groups is 1. The maximum absolute atomic E-state index is 12.9. The number of imidazole rings is 1. The summed E-state index contributed by atoms with van der Waals surface area (Å²) in [5.41, 5.74) is 5.47. The number of benzene rings is 3. The number of amides is 1. The van der Waals surface area contributed by atoms with E-state index in [0.29, 0.717) is 13.0 Å². The highest BCUT2D eigenvalue weighted by atomic mass is 16.2. The van der Waals surface area contributed by atoms with E-state index in [1.807, 2.05) is 29.2 Å². The van der Waals surface area contributed by atoms with Crippen molar-refractivity contribution in [2.24, 2.45) is 0 Å². The molecule has 0 unspecified atom stereocenters. The third kappa shape index (κ3) is 3.18. The highest BCUT2D eigenvalue weighted by Gasteiger charge is 2.35. The van der Waals surface area contributed by atoms with E-state index in [4.69, 9.17) is 4.98 Å². The normalized spacial score (nSPS) is 17.6. The number of rotatable bonds is 4. The lowest BCUT2D eigenvalue weighted by molar-refractivity contribution is -0.117. The van der Waals surface area contributed by atoms with E-state index in [9.17, 15) is 4.79 Å². The molecule has 2 atom stereocenters. The molecule has 0 bridgehead atoms. The number of anilines is 1. The monoisotopic (exact) mass is 395 g/mol. The van der Waals surface area contributed by atoms with Crippen LogP contribution in [0, 0.1) is 6.92 Å². The summed E-state index contributed by atoms with van der Waals surface area (Å²) in [5, 5.41) is 0. The molecule has 1 aliphatic rings. The Hall–Kier alpha value is -3.40. The minimum Gasteiger partial charge on any atom is -0.320 e. The number of para-hydroxylation sites is 2. The van der Waals surface area contributed by atoms with Gasteiger partial charge in [-0.3, -0.25) is 4.79 Å². The van der Waals surface area contributed by atoms with Gasteiger partial charge in [-0.05, 0) is 49.2 Å². The number of nitrogens with zero attached hydrogens (tertiary/aromatic N) is 3. The first-order chi connectivity index (χ1) is 14.6. The fourth-order valence-electron chi connectivity index (χ4n) is 4.56. The van der Waals surface area contributed by atoms with Crippen LogP contribution in [0.25, 0.3) is 11.0 Å². The smallest absolute Gasteiger partial charge is 0.227 e. The number of aromatic nitrogens is 2. The highest BCUT2D eigenvalue weighted by molar-refractivity contribution is 5.96. The van der Waals surface area contributed by atoms with E-state index in [1.165, 1.54) is 5.56 Å². The Morgan fingerprint density at radius 3 is 2.53 bits per heavy atom. The quantitative estimate of drug-likeness (QED) is 0.459. The zero-order chi connectivity index (χ0) is 20.7. The van der Waals surface area contributed by atoms with Crippen LogP contribution in [0.3, 0.4) is 0 Å². The molecule has 5 rings (SSSR count). The molecule has 1 amide bonds. The van der Waals surface area contributed by atoms with Gasteiger partial charge in [0.1, 0.15) is 5.82 Å². The van der Waals surface area contributed by atoms with Gasteiger partial charge in [0.05, 0.1) is 17.1 Å². The van der Waals surface area contributed by atoms with E-state index in [-0.39, 0.29) is 17.9 Å². The van der Waals surface area contributed by atoms with E-state index in [2.05, 4.69) is 73.0 Å². The molecule has 4 heteroatoms. The summed E-state index contributed by atoms with van der Waals surface area (Å²) in [6.45, 7) is 4.93. The molecule has 30 heavy (non-hydrogen) atoms. The third-order valence-electron chi connectivity index (χ3n) is 6.10. The van der Waals surface area contributed by atoms with Crippen molar-refractivity contribution in [2.75, 3.05) is 11.4 Å². The lowest BCUT2D eigenvalue weighted by atomic mass is 10.0. The average molecular weight is 396 g/mol. The Kier molecular flexibility index (Phi) is 4.62. The van der Waals surface area contributed by atoms with Crippen molar-refractivity contribution in [1.82, 2.24) is 9.55 Å². The molecule has 0 radical (unpaired) electrons. The van der Waals surface area contributed by atoms with Gasteiger partial charge in [0.2, 0.25) is 5.91 Å². The molecule has 1 aromatic heterocycles. The molecular formula is C26H25N3O. The minimum absolute atomic E-state index is 0.0663. The summed E-state index contributed by atoms with van der Waals surface area (Å²) in [6.07, 6.45) is 0.485. The molecule has 1 aliphatic heterocycles. The first kappa shape index (κ1) is 18.6. The first-order valence-corrected chi connectivity index (χ1v) is 10.5. The molecule has 0 aliphatic carbocycles. The summed E-state index contributed by atoms with van der Waals surface area (Å²) in [6, 6.07) is 27.1. The zero-order valence-corrected chi connectivity index (χ0v) is 17.3. The van der Waals surface area contributed by atoms with Crippen LogP contribution in [0.5, 0.6) is 0 Å². The Morgan fingerprint density at radius 1 is 0.967 bits per heavy atom. The number of aryl methyl sites for hydroxylation is 1. The van der Waals surface area contributed by atoms with E-state index >= 15 is 0 Å². The standard InChI is InChI=1S/C26H25N3O/c1-18-9-8-12-22(15-18)28-17-21(16-25(28)30)26-27-23-13-6-7-14-24(23)29(26)19(2)20-10-4-3-5-11-20/h3-15,19,21H,16-17H2,1-2H3/t19-,21-/m1/s1. The van der Waals surface area contributed by atoms with Gasteiger partial charge < -0.3 is 9.47 Å². The summed E-state index contributed by atoms with van der Waals surface area (Å²) < 4.78 is 2.32. The van der Waals surface area contributed by atoms with E-state index in [1.54, 1.807) is 0 Å². The molecule has 0 spiro atoms. The summed E-state index contributed by atoms with van der Waals surface area (Å²) in [4.78, 5) is 19.8. The predicted molar refractivity (Wildman–Crippen MR) is 121 cm³/mol. The topological polar surface area (TPSA) is 38.1 Å². The van der Waals surface area contributed by atoms with Crippen LogP contribution in [-0.4, -0.2) is 22.0 Å². The van der Waals surface area contributed by atoms with Gasteiger partial charge >= 0.3 is 0 Å². The van der Waals surface area contributed by atoms with Crippen molar-refractivity contribution < 1.29 is 4.79 Å². The van der Waals surface area contributed by atoms with Gasteiger partial charge in [-0.2, -0.15) is 0 Å². The molecule has 150 valence electrons. The Morgan fingerprint density at radius 2 is 1.73 bits per heavy atom. The summed E-state index contributed by atoms with van der Waals surface area (Å²) in [5.74, 6) is 1.23. The number of carbonyl (C=O) groups excluding carboxylic acids is 1. The minimum atomic E-state index is 0.0663. The lowest BCUT2D eigenvalue weighted by Gasteiger charge is -2.21. The summed E-state index contributed by atoms with van der Waals surface area (Å²) in [7, 11) is 0. The van der Waals surface area contributed by atoms with Crippen molar-refractivity contribution in [3.63, 3.8) is 0 Å². The predicted octanol–water partition coefficient (Wildman–Crippen LogP) is 5.47. The Labute approximate surface area is 176 Å². The molecule has 2 heterocycles. The van der Waals surface area contributed by atoms with Crippen LogP contribution in [0.4, 0.5) is 5.69 Å². The second-order valence-electron chi connectivity index (χ2n) is 8.16. The van der Waals surface area contributed by atoms with Gasteiger partial charge in [-0.1, -0.05) is 54.6 Å². The van der Waals surface area contributed by atoms with Crippen molar-refractivity contribution >= 4 is 22.6 Å². The molecule has 4 nitrogen and oxygen atoms in total. The highest BCUT2D eigenvalue weighted by Crippen LogP contribution is 2.36. The summed E-state index contributed by atoms with van der Waals surface area (Å²) >= 11 is 0. The van der Waals surface area contributed by atoms with Crippen LogP contribution < -0.4 is 4.90 Å². The van der Waals surface area contributed by atoms with Crippen molar-refractivity contribution in [3.8, 4) is 0 Å². The molecule has 4 aromatic rings. The molecule has 0 N–H and O–H groups in total. The van der Waals surface area contributed by atoms with Crippen LogP contribution in [-0.2, 0) is 4.79 Å². The van der Waals surface area contributed by atoms with E-state index < -0.39 is 0 Å². The third-order valence-corrected chi connectivity index (χ3v) is 6.10. The number of hydrogen-bond acceptors (Lipinski definition) is 2. The fourth-order valence-corrected chi connectivity index (χ4v) is 4.56. The maximum atomic E-state index is 12.9. The van der Waals surface area contributed by atoms with Gasteiger partial charge in [0.25, 0.3) is 0 Å². The van der Waals surface area contributed by atoms with Gasteiger partial charge in [-0.15, -0.1) is 0 Å². The Balaban J connectivity index is 1.57. The van der Waals surface area contributed by atoms with Gasteiger partial charge in [0.15, 0.2) is 0 Å². The number of fused-ring (bicyclic) bond motifs is 1. The van der Waals surface area contributed by atoms with Gasteiger partial charge in [0, 0.05) is 24.6 Å². The lowest BCUT2D eigenvalue weighted by Crippen LogP contribution is -2.24. The van der Waals surface area contributed by atoms with Crippen LogP contribution in [0.2, 0.25) is 0 Å². The second kappa shape index (κ2) is 7.45. The van der Waals surface area contributed by atoms with Crippen LogP contribution >= 0.6 is 0 Å². The molecule has 1 saturated heterocycles. The fraction of sp³-hybridized carbons (Fsp3) is 0.231. The molecular weight excluding hydrogens is 370 g/mol. The average Bonchev–Trinajstić information content (AvgIpc) is 3.34. The maximum Gasteiger partial charge on any atom is 0.227 e. The largest absolute Gasteiger partial charge is 0.320 e. The first-order valence-electron chi connectivity index (χ1n) is 10.5.